The van der Waals surface area contributed by atoms with Crippen molar-refractivity contribution in [3.8, 4) is 0 Å². The molecule has 2 heterocycles. The molecule has 284 valence electrons. The first-order chi connectivity index (χ1) is 25.2. The van der Waals surface area contributed by atoms with Crippen molar-refractivity contribution >= 4 is 38.6 Å². The molecule has 7 rings (SSSR count). The van der Waals surface area contributed by atoms with E-state index in [-0.39, 0.29) is 29.3 Å². The van der Waals surface area contributed by atoms with Crippen LogP contribution in [0.2, 0.25) is 0 Å². The number of nitro groups is 1. The summed E-state index contributed by atoms with van der Waals surface area (Å²) in [4.78, 5) is 28.7. The van der Waals surface area contributed by atoms with Gasteiger partial charge in [0.15, 0.2) is 0 Å². The van der Waals surface area contributed by atoms with Crippen LogP contribution in [0, 0.1) is 27.9 Å². The molecule has 0 spiro atoms. The summed E-state index contributed by atoms with van der Waals surface area (Å²) in [5.74, 6) is 1.13. The van der Waals surface area contributed by atoms with Crippen LogP contribution in [0.5, 0.6) is 0 Å². The Morgan fingerprint density at radius 2 is 1.68 bits per heavy atom. The highest BCUT2D eigenvalue weighted by Crippen LogP contribution is 2.40. The molecule has 3 aromatic rings. The second-order valence-electron chi connectivity index (χ2n) is 14.8. The van der Waals surface area contributed by atoms with Gasteiger partial charge in [-0.1, -0.05) is 50.6 Å². The Kier molecular flexibility index (Phi) is 12.5. The number of rotatable bonds is 11. The molecule has 12 heteroatoms. The van der Waals surface area contributed by atoms with Gasteiger partial charge in [-0.3, -0.25) is 19.8 Å². The second-order valence-corrected chi connectivity index (χ2v) is 16.5. The molecule has 2 aliphatic heterocycles. The van der Waals surface area contributed by atoms with Gasteiger partial charge >= 0.3 is 0 Å². The maximum absolute atomic E-state index is 13.1. The summed E-state index contributed by atoms with van der Waals surface area (Å²) in [5.41, 5.74) is 5.37. The molecular formula is C41H53N5O6S. The van der Waals surface area contributed by atoms with Crippen LogP contribution in [-0.4, -0.2) is 70.1 Å². The van der Waals surface area contributed by atoms with Gasteiger partial charge in [0.05, 0.1) is 9.82 Å². The van der Waals surface area contributed by atoms with Gasteiger partial charge in [0.25, 0.3) is 21.6 Å². The van der Waals surface area contributed by atoms with Crippen molar-refractivity contribution < 1.29 is 22.9 Å². The molecule has 11 nitrogen and oxygen atoms in total. The van der Waals surface area contributed by atoms with E-state index in [4.69, 9.17) is 4.74 Å². The van der Waals surface area contributed by atoms with Crippen molar-refractivity contribution in [2.75, 3.05) is 56.2 Å². The number of hydrogen-bond donors (Lipinski definition) is 2. The zero-order valence-corrected chi connectivity index (χ0v) is 30.5. The van der Waals surface area contributed by atoms with Crippen molar-refractivity contribution in [3.63, 3.8) is 0 Å². The van der Waals surface area contributed by atoms with Gasteiger partial charge in [0.1, 0.15) is 5.69 Å². The summed E-state index contributed by atoms with van der Waals surface area (Å²) in [6.07, 6.45) is 12.2. The zero-order valence-electron chi connectivity index (χ0n) is 29.7. The molecule has 1 amide bonds. The van der Waals surface area contributed by atoms with Gasteiger partial charge in [-0.05, 0) is 109 Å². The van der Waals surface area contributed by atoms with Gasteiger partial charge in [-0.25, -0.2) is 13.1 Å². The third kappa shape index (κ3) is 9.46. The quantitative estimate of drug-likeness (QED) is 0.151. The molecule has 2 saturated heterocycles. The monoisotopic (exact) mass is 743 g/mol. The molecule has 4 aliphatic rings. The normalized spacial score (nSPS) is 21.1. The standard InChI is InChI=1S/C40H49N5O6S.CH4/c46-40(42-52(49,50)36-14-15-38(39(26-36)45(47)48)41-27-30-16-22-51-23-17-30)32-10-12-35(13-11-32)44-20-18-43(19-21-44)28-34-6-1-2-7-37(34)33-9-8-29-4-3-5-31(24-29)25-33;/h1-2,6-7,10-15,25-26,29-31,41H,3-5,8-9,16-24,27-28H2,(H,42,46);1H4. The highest BCUT2D eigenvalue weighted by molar-refractivity contribution is 7.90. The highest BCUT2D eigenvalue weighted by Gasteiger charge is 2.27. The zero-order chi connectivity index (χ0) is 36.1. The Balaban J connectivity index is 0.00000481. The first-order valence-corrected chi connectivity index (χ1v) is 20.2. The van der Waals surface area contributed by atoms with E-state index in [1.807, 2.05) is 12.1 Å². The SMILES string of the molecule is C.O=C(NS(=O)(=O)c1ccc(NCC2CCOCC2)c([N+](=O)[O-])c1)c1ccc(N2CCN(Cc3ccccc3C3=CC4CCCC(CC3)C4)CC2)cc1. The lowest BCUT2D eigenvalue weighted by atomic mass is 9.81. The van der Waals surface area contributed by atoms with E-state index in [1.165, 1.54) is 67.4 Å². The number of carbonyl (C=O) groups excluding carboxylic acids is 1. The fraction of sp³-hybridized carbons (Fsp3) is 0.488. The van der Waals surface area contributed by atoms with Crippen LogP contribution in [0.15, 0.2) is 77.7 Å². The van der Waals surface area contributed by atoms with Crippen molar-refractivity contribution in [2.24, 2.45) is 17.8 Å². The van der Waals surface area contributed by atoms with Gasteiger partial charge in [-0.15, -0.1) is 0 Å². The summed E-state index contributed by atoms with van der Waals surface area (Å²) in [7, 11) is -4.36. The van der Waals surface area contributed by atoms with E-state index in [9.17, 15) is 23.3 Å². The maximum Gasteiger partial charge on any atom is 0.293 e. The number of piperazine rings is 1. The van der Waals surface area contributed by atoms with Gasteiger partial charge < -0.3 is 15.0 Å². The van der Waals surface area contributed by atoms with Crippen molar-refractivity contribution in [1.82, 2.24) is 9.62 Å². The minimum Gasteiger partial charge on any atom is -0.381 e. The van der Waals surface area contributed by atoms with Crippen LogP contribution >= 0.6 is 0 Å². The number of nitro benzene ring substituents is 1. The topological polar surface area (TPSA) is 134 Å². The fourth-order valence-electron chi connectivity index (χ4n) is 8.32. The Hall–Kier alpha value is -4.26. The van der Waals surface area contributed by atoms with Crippen LogP contribution in [0.25, 0.3) is 5.57 Å². The predicted molar refractivity (Wildman–Crippen MR) is 210 cm³/mol. The van der Waals surface area contributed by atoms with E-state index >= 15 is 0 Å². The van der Waals surface area contributed by atoms with Crippen molar-refractivity contribution in [1.29, 1.82) is 0 Å². The highest BCUT2D eigenvalue weighted by atomic mass is 32.2. The van der Waals surface area contributed by atoms with E-state index in [0.29, 0.717) is 25.7 Å². The molecule has 2 atom stereocenters. The van der Waals surface area contributed by atoms with Crippen molar-refractivity contribution in [2.45, 2.75) is 70.2 Å². The lowest BCUT2D eigenvalue weighted by Gasteiger charge is -2.36. The summed E-state index contributed by atoms with van der Waals surface area (Å²) in [6.45, 7) is 6.25. The number of amides is 1. The number of anilines is 2. The molecular weight excluding hydrogens is 691 g/mol. The van der Waals surface area contributed by atoms with Gasteiger partial charge in [0.2, 0.25) is 0 Å². The Morgan fingerprint density at radius 1 is 0.925 bits per heavy atom. The van der Waals surface area contributed by atoms with Gasteiger partial charge in [-0.2, -0.15) is 0 Å². The van der Waals surface area contributed by atoms with Crippen LogP contribution in [0.4, 0.5) is 17.1 Å². The average molecular weight is 744 g/mol. The summed E-state index contributed by atoms with van der Waals surface area (Å²) in [5, 5.41) is 14.9. The van der Waals surface area contributed by atoms with E-state index in [0.717, 1.165) is 69.2 Å². The van der Waals surface area contributed by atoms with Crippen LogP contribution in [0.1, 0.15) is 80.3 Å². The molecule has 0 aromatic heterocycles. The lowest BCUT2D eigenvalue weighted by molar-refractivity contribution is -0.384. The Bertz CT molecular complexity index is 1880. The number of ether oxygens (including phenoxy) is 1. The fourth-order valence-corrected chi connectivity index (χ4v) is 9.32. The van der Waals surface area contributed by atoms with Gasteiger partial charge in [0, 0.05) is 69.8 Å². The summed E-state index contributed by atoms with van der Waals surface area (Å²) < 4.78 is 33.7. The molecule has 53 heavy (non-hydrogen) atoms. The van der Waals surface area contributed by atoms with E-state index in [2.05, 4.69) is 50.2 Å². The number of nitrogens with one attached hydrogen (secondary N) is 2. The first kappa shape index (κ1) is 38.5. The number of hydrogen-bond acceptors (Lipinski definition) is 9. The summed E-state index contributed by atoms with van der Waals surface area (Å²) in [6, 6.07) is 19.5. The Labute approximate surface area is 314 Å². The van der Waals surface area contributed by atoms with Crippen molar-refractivity contribution in [3.05, 3.63) is 99.6 Å². The third-order valence-corrected chi connectivity index (χ3v) is 12.7. The molecule has 2 unspecified atom stereocenters. The van der Waals surface area contributed by atoms with E-state index in [1.54, 1.807) is 12.1 Å². The maximum atomic E-state index is 13.1. The average Bonchev–Trinajstić information content (AvgIpc) is 3.31. The van der Waals surface area contributed by atoms with Crippen LogP contribution in [0.3, 0.4) is 0 Å². The molecule has 2 aliphatic carbocycles. The van der Waals surface area contributed by atoms with Crippen LogP contribution < -0.4 is 14.9 Å². The third-order valence-electron chi connectivity index (χ3n) is 11.3. The molecule has 1 saturated carbocycles. The molecule has 0 radical (unpaired) electrons. The smallest absolute Gasteiger partial charge is 0.293 e. The number of carbonyl (C=O) groups is 1. The minimum absolute atomic E-state index is 0. The molecule has 3 fully saturated rings. The number of allylic oxidation sites excluding steroid dienone is 2. The number of benzene rings is 3. The largest absolute Gasteiger partial charge is 0.381 e. The number of fused-ring (bicyclic) bond motifs is 2. The van der Waals surface area contributed by atoms with Crippen LogP contribution in [-0.2, 0) is 21.3 Å². The molecule has 3 aromatic carbocycles. The second kappa shape index (κ2) is 17.3. The first-order valence-electron chi connectivity index (χ1n) is 18.8. The number of sulfonamides is 1. The minimum atomic E-state index is -4.36. The summed E-state index contributed by atoms with van der Waals surface area (Å²) >= 11 is 0. The number of nitrogens with zero attached hydrogens (tertiary/aromatic N) is 3. The lowest BCUT2D eigenvalue weighted by Crippen LogP contribution is -2.46. The van der Waals surface area contributed by atoms with E-state index < -0.39 is 20.9 Å². The Morgan fingerprint density at radius 3 is 2.43 bits per heavy atom. The molecule has 2 N–H and O–H groups in total. The predicted octanol–water partition coefficient (Wildman–Crippen LogP) is 7.49. The molecule has 2 bridgehead atoms.